The van der Waals surface area contributed by atoms with Gasteiger partial charge in [0.15, 0.2) is 0 Å². The summed E-state index contributed by atoms with van der Waals surface area (Å²) in [4.78, 5) is 2.18. The predicted molar refractivity (Wildman–Crippen MR) is 62.8 cm³/mol. The van der Waals surface area contributed by atoms with E-state index in [0.717, 1.165) is 32.1 Å². The number of sulfone groups is 1. The molecule has 1 rings (SSSR count). The summed E-state index contributed by atoms with van der Waals surface area (Å²) in [6.45, 7) is 2.87. The van der Waals surface area contributed by atoms with Gasteiger partial charge in [-0.1, -0.05) is 0 Å². The first-order valence-electron chi connectivity index (χ1n) is 5.57. The van der Waals surface area contributed by atoms with E-state index in [9.17, 15) is 8.42 Å². The minimum absolute atomic E-state index is 0.299. The summed E-state index contributed by atoms with van der Waals surface area (Å²) in [6, 6.07) is 0.759. The summed E-state index contributed by atoms with van der Waals surface area (Å²) >= 11 is 0. The summed E-state index contributed by atoms with van der Waals surface area (Å²) in [5, 5.41) is 3.43. The molecule has 4 nitrogen and oxygen atoms in total. The van der Waals surface area contributed by atoms with E-state index in [1.807, 2.05) is 7.05 Å². The molecular formula is C10H22N2O2S. The Morgan fingerprint density at radius 3 is 2.53 bits per heavy atom. The third-order valence-electron chi connectivity index (χ3n) is 2.56. The Bertz CT molecular complexity index is 273. The number of nitrogens with one attached hydrogen (secondary N) is 1. The van der Waals surface area contributed by atoms with Crippen LogP contribution in [0.2, 0.25) is 0 Å². The van der Waals surface area contributed by atoms with E-state index in [2.05, 4.69) is 10.2 Å². The van der Waals surface area contributed by atoms with Crippen LogP contribution >= 0.6 is 0 Å². The molecule has 0 aromatic rings. The molecule has 0 saturated heterocycles. The molecule has 1 fully saturated rings. The van der Waals surface area contributed by atoms with Crippen LogP contribution in [0.25, 0.3) is 0 Å². The summed E-state index contributed by atoms with van der Waals surface area (Å²) in [5.41, 5.74) is 0. The van der Waals surface area contributed by atoms with Crippen LogP contribution in [0.5, 0.6) is 0 Å². The first kappa shape index (κ1) is 12.9. The predicted octanol–water partition coefficient (Wildman–Crippen LogP) is 0.105. The largest absolute Gasteiger partial charge is 0.313 e. The topological polar surface area (TPSA) is 49.4 Å². The van der Waals surface area contributed by atoms with Crippen molar-refractivity contribution in [2.24, 2.45) is 0 Å². The van der Waals surface area contributed by atoms with Crippen molar-refractivity contribution in [2.75, 3.05) is 38.7 Å². The first-order valence-corrected chi connectivity index (χ1v) is 7.63. The Morgan fingerprint density at radius 2 is 2.00 bits per heavy atom. The minimum atomic E-state index is -2.79. The maximum Gasteiger partial charge on any atom is 0.147 e. The van der Waals surface area contributed by atoms with Gasteiger partial charge in [0.05, 0.1) is 5.75 Å². The molecule has 1 aliphatic carbocycles. The third kappa shape index (κ3) is 7.76. The fourth-order valence-electron chi connectivity index (χ4n) is 1.46. The van der Waals surface area contributed by atoms with Gasteiger partial charge >= 0.3 is 0 Å². The lowest BCUT2D eigenvalue weighted by Gasteiger charge is -2.16. The summed E-state index contributed by atoms with van der Waals surface area (Å²) in [7, 11) is -0.747. The van der Waals surface area contributed by atoms with Crippen molar-refractivity contribution >= 4 is 9.84 Å². The molecule has 0 spiro atoms. The third-order valence-corrected chi connectivity index (χ3v) is 3.59. The lowest BCUT2D eigenvalue weighted by molar-refractivity contribution is 0.332. The van der Waals surface area contributed by atoms with Crippen LogP contribution in [-0.2, 0) is 9.84 Å². The quantitative estimate of drug-likeness (QED) is 0.647. The molecule has 0 bridgehead atoms. The Kier molecular flexibility index (Phi) is 5.02. The Labute approximate surface area is 93.0 Å². The zero-order chi connectivity index (χ0) is 11.3. The molecule has 0 aliphatic heterocycles. The van der Waals surface area contributed by atoms with Gasteiger partial charge in [0.25, 0.3) is 0 Å². The second kappa shape index (κ2) is 5.82. The van der Waals surface area contributed by atoms with Gasteiger partial charge < -0.3 is 10.2 Å². The highest BCUT2D eigenvalue weighted by Crippen LogP contribution is 2.17. The lowest BCUT2D eigenvalue weighted by atomic mass is 10.4. The molecule has 0 radical (unpaired) electrons. The molecule has 1 aliphatic rings. The molecule has 0 aromatic heterocycles. The first-order chi connectivity index (χ1) is 6.97. The van der Waals surface area contributed by atoms with Crippen LogP contribution < -0.4 is 5.32 Å². The van der Waals surface area contributed by atoms with Gasteiger partial charge in [-0.3, -0.25) is 0 Å². The summed E-state index contributed by atoms with van der Waals surface area (Å²) < 4.78 is 21.8. The van der Waals surface area contributed by atoms with Crippen molar-refractivity contribution in [3.05, 3.63) is 0 Å². The van der Waals surface area contributed by atoms with Gasteiger partial charge in [0.2, 0.25) is 0 Å². The minimum Gasteiger partial charge on any atom is -0.313 e. The molecule has 0 heterocycles. The zero-order valence-electron chi connectivity index (χ0n) is 9.70. The van der Waals surface area contributed by atoms with E-state index in [0.29, 0.717) is 5.75 Å². The van der Waals surface area contributed by atoms with E-state index in [1.54, 1.807) is 0 Å². The van der Waals surface area contributed by atoms with Crippen molar-refractivity contribution in [2.45, 2.75) is 25.3 Å². The number of hydrogen-bond acceptors (Lipinski definition) is 4. The van der Waals surface area contributed by atoms with E-state index in [-0.39, 0.29) is 0 Å². The molecule has 5 heteroatoms. The highest BCUT2D eigenvalue weighted by molar-refractivity contribution is 7.90. The summed E-state index contributed by atoms with van der Waals surface area (Å²) in [6.07, 6.45) is 4.66. The van der Waals surface area contributed by atoms with Crippen LogP contribution in [0.3, 0.4) is 0 Å². The molecule has 1 N–H and O–H groups in total. The fraction of sp³-hybridized carbons (Fsp3) is 1.00. The van der Waals surface area contributed by atoms with Crippen molar-refractivity contribution in [3.8, 4) is 0 Å². The van der Waals surface area contributed by atoms with Gasteiger partial charge in [-0.2, -0.15) is 0 Å². The Balaban J connectivity index is 1.94. The molecule has 0 aromatic carbocycles. The lowest BCUT2D eigenvalue weighted by Crippen LogP contribution is -2.31. The van der Waals surface area contributed by atoms with Gasteiger partial charge in [0, 0.05) is 25.4 Å². The van der Waals surface area contributed by atoms with Crippen molar-refractivity contribution in [1.29, 1.82) is 0 Å². The molecule has 0 atom stereocenters. The number of likely N-dealkylation sites (N-methyl/N-ethyl adjacent to an activating group) is 1. The average Bonchev–Trinajstić information content (AvgIpc) is 2.85. The van der Waals surface area contributed by atoms with Gasteiger partial charge in [-0.15, -0.1) is 0 Å². The van der Waals surface area contributed by atoms with Gasteiger partial charge in [-0.05, 0) is 32.9 Å². The standard InChI is InChI=1S/C10H22N2O2S/c1-12(7-3-9-15(2,13)14)8-6-11-10-4-5-10/h10-11H,3-9H2,1-2H3. The van der Waals surface area contributed by atoms with E-state index in [4.69, 9.17) is 0 Å². The molecule has 0 amide bonds. The van der Waals surface area contributed by atoms with E-state index < -0.39 is 9.84 Å². The highest BCUT2D eigenvalue weighted by Gasteiger charge is 2.19. The van der Waals surface area contributed by atoms with Crippen LogP contribution in [-0.4, -0.2) is 58.1 Å². The van der Waals surface area contributed by atoms with E-state index in [1.165, 1.54) is 19.1 Å². The maximum absolute atomic E-state index is 10.9. The van der Waals surface area contributed by atoms with E-state index >= 15 is 0 Å². The molecule has 15 heavy (non-hydrogen) atoms. The number of rotatable bonds is 8. The van der Waals surface area contributed by atoms with Crippen LogP contribution in [0.15, 0.2) is 0 Å². The molecule has 90 valence electrons. The monoisotopic (exact) mass is 234 g/mol. The zero-order valence-corrected chi connectivity index (χ0v) is 10.5. The van der Waals surface area contributed by atoms with Gasteiger partial charge in [-0.25, -0.2) is 8.42 Å². The summed E-state index contributed by atoms with van der Waals surface area (Å²) in [5.74, 6) is 0.299. The van der Waals surface area contributed by atoms with Crippen molar-refractivity contribution < 1.29 is 8.42 Å². The van der Waals surface area contributed by atoms with Crippen LogP contribution in [0.1, 0.15) is 19.3 Å². The Hall–Kier alpha value is -0.130. The second-order valence-corrected chi connectivity index (χ2v) is 6.77. The molecule has 0 unspecified atom stereocenters. The maximum atomic E-state index is 10.9. The van der Waals surface area contributed by atoms with Crippen molar-refractivity contribution in [1.82, 2.24) is 10.2 Å². The highest BCUT2D eigenvalue weighted by atomic mass is 32.2. The van der Waals surface area contributed by atoms with Crippen LogP contribution in [0, 0.1) is 0 Å². The Morgan fingerprint density at radius 1 is 1.33 bits per heavy atom. The normalized spacial score (nSPS) is 17.3. The number of nitrogens with zero attached hydrogens (tertiary/aromatic N) is 1. The fourth-order valence-corrected chi connectivity index (χ4v) is 2.11. The van der Waals surface area contributed by atoms with Gasteiger partial charge in [0.1, 0.15) is 9.84 Å². The molecular weight excluding hydrogens is 212 g/mol. The molecule has 1 saturated carbocycles. The second-order valence-electron chi connectivity index (χ2n) is 4.52. The average molecular weight is 234 g/mol. The van der Waals surface area contributed by atoms with Crippen molar-refractivity contribution in [3.63, 3.8) is 0 Å². The SMILES string of the molecule is CN(CCCS(C)(=O)=O)CCNC1CC1. The van der Waals surface area contributed by atoms with Crippen LogP contribution in [0.4, 0.5) is 0 Å². The number of hydrogen-bond donors (Lipinski definition) is 1. The smallest absolute Gasteiger partial charge is 0.147 e.